The Morgan fingerprint density at radius 3 is 2.64 bits per heavy atom. The third-order valence-corrected chi connectivity index (χ3v) is 4.24. The van der Waals surface area contributed by atoms with Crippen molar-refractivity contribution in [2.45, 2.75) is 11.3 Å². The quantitative estimate of drug-likeness (QED) is 0.448. The van der Waals surface area contributed by atoms with Crippen LogP contribution in [0.4, 0.5) is 5.69 Å². The number of carboxylic acid groups (broad SMARTS) is 1. The highest BCUT2D eigenvalue weighted by atomic mass is 32.2. The SMILES string of the molecule is COCCNc1ccc(S(=O)(=O)NCCCO)cc1C(=O)O. The van der Waals surface area contributed by atoms with Crippen LogP contribution in [-0.2, 0) is 14.8 Å². The van der Waals surface area contributed by atoms with Gasteiger partial charge in [0.25, 0.3) is 0 Å². The van der Waals surface area contributed by atoms with Crippen LogP contribution in [0.3, 0.4) is 0 Å². The summed E-state index contributed by atoms with van der Waals surface area (Å²) in [5.41, 5.74) is 0.181. The van der Waals surface area contributed by atoms with Crippen molar-refractivity contribution in [3.63, 3.8) is 0 Å². The number of benzene rings is 1. The Balaban J connectivity index is 2.99. The summed E-state index contributed by atoms with van der Waals surface area (Å²) in [6.07, 6.45) is 0.279. The van der Waals surface area contributed by atoms with Crippen molar-refractivity contribution < 1.29 is 28.2 Å². The van der Waals surface area contributed by atoms with Gasteiger partial charge in [-0.25, -0.2) is 17.9 Å². The minimum Gasteiger partial charge on any atom is -0.478 e. The molecule has 0 unspecified atom stereocenters. The zero-order valence-electron chi connectivity index (χ0n) is 12.2. The molecule has 0 heterocycles. The van der Waals surface area contributed by atoms with Crippen LogP contribution in [0.15, 0.2) is 23.1 Å². The second kappa shape index (κ2) is 8.69. The van der Waals surface area contributed by atoms with Gasteiger partial charge in [0.2, 0.25) is 10.0 Å². The van der Waals surface area contributed by atoms with E-state index in [0.29, 0.717) is 18.8 Å². The Labute approximate surface area is 129 Å². The summed E-state index contributed by atoms with van der Waals surface area (Å²) in [5.74, 6) is -1.23. The van der Waals surface area contributed by atoms with E-state index in [-0.39, 0.29) is 30.0 Å². The Morgan fingerprint density at radius 2 is 2.05 bits per heavy atom. The van der Waals surface area contributed by atoms with Crippen molar-refractivity contribution in [1.29, 1.82) is 0 Å². The molecule has 8 nitrogen and oxygen atoms in total. The Morgan fingerprint density at radius 1 is 1.32 bits per heavy atom. The van der Waals surface area contributed by atoms with Gasteiger partial charge in [0.15, 0.2) is 0 Å². The molecule has 1 rings (SSSR count). The van der Waals surface area contributed by atoms with Crippen LogP contribution >= 0.6 is 0 Å². The molecule has 0 bridgehead atoms. The van der Waals surface area contributed by atoms with E-state index < -0.39 is 16.0 Å². The zero-order chi connectivity index (χ0) is 16.6. The fourth-order valence-electron chi connectivity index (χ4n) is 1.68. The summed E-state index contributed by atoms with van der Waals surface area (Å²) < 4.78 is 31.2. The first-order valence-corrected chi connectivity index (χ1v) is 8.11. The lowest BCUT2D eigenvalue weighted by Gasteiger charge is -2.12. The van der Waals surface area contributed by atoms with Gasteiger partial charge in [0.05, 0.1) is 17.1 Å². The molecule has 124 valence electrons. The molecule has 22 heavy (non-hydrogen) atoms. The Bertz CT molecular complexity index is 603. The smallest absolute Gasteiger partial charge is 0.337 e. The van der Waals surface area contributed by atoms with E-state index in [1.54, 1.807) is 0 Å². The van der Waals surface area contributed by atoms with E-state index in [1.807, 2.05) is 0 Å². The number of anilines is 1. The van der Waals surface area contributed by atoms with Crippen LogP contribution in [-0.4, -0.2) is 58.0 Å². The fraction of sp³-hybridized carbons (Fsp3) is 0.462. The first-order chi connectivity index (χ1) is 10.4. The number of hydrogen-bond donors (Lipinski definition) is 4. The van der Waals surface area contributed by atoms with Gasteiger partial charge in [-0.05, 0) is 24.6 Å². The van der Waals surface area contributed by atoms with Crippen LogP contribution in [0.2, 0.25) is 0 Å². The summed E-state index contributed by atoms with van der Waals surface area (Å²) in [6.45, 7) is 0.736. The van der Waals surface area contributed by atoms with E-state index in [4.69, 9.17) is 9.84 Å². The molecule has 0 aromatic heterocycles. The average Bonchev–Trinajstić information content (AvgIpc) is 2.47. The maximum Gasteiger partial charge on any atom is 0.337 e. The predicted octanol–water partition coefficient (Wildman–Crippen LogP) is 0.104. The number of rotatable bonds is 10. The lowest BCUT2D eigenvalue weighted by molar-refractivity contribution is 0.0697. The molecular formula is C13H20N2O6S. The van der Waals surface area contributed by atoms with Crippen molar-refractivity contribution in [2.24, 2.45) is 0 Å². The second-order valence-electron chi connectivity index (χ2n) is 4.41. The molecule has 0 atom stereocenters. The number of aliphatic hydroxyl groups excluding tert-OH is 1. The summed E-state index contributed by atoms with van der Waals surface area (Å²) in [6, 6.07) is 3.82. The first-order valence-electron chi connectivity index (χ1n) is 6.63. The third-order valence-electron chi connectivity index (χ3n) is 2.78. The maximum absolute atomic E-state index is 12.0. The van der Waals surface area contributed by atoms with Crippen molar-refractivity contribution in [3.05, 3.63) is 23.8 Å². The van der Waals surface area contributed by atoms with Gasteiger partial charge in [-0.15, -0.1) is 0 Å². The number of ether oxygens (including phenoxy) is 1. The molecule has 0 fully saturated rings. The monoisotopic (exact) mass is 332 g/mol. The average molecular weight is 332 g/mol. The topological polar surface area (TPSA) is 125 Å². The minimum absolute atomic E-state index is 0.0785. The van der Waals surface area contributed by atoms with Crippen LogP contribution in [0, 0.1) is 0 Å². The molecule has 1 aromatic rings. The Kier molecular flexibility index (Phi) is 7.25. The molecular weight excluding hydrogens is 312 g/mol. The highest BCUT2D eigenvalue weighted by molar-refractivity contribution is 7.89. The van der Waals surface area contributed by atoms with Gasteiger partial charge in [-0.1, -0.05) is 0 Å². The highest BCUT2D eigenvalue weighted by Gasteiger charge is 2.18. The number of hydrogen-bond acceptors (Lipinski definition) is 6. The molecule has 0 radical (unpaired) electrons. The molecule has 1 aromatic carbocycles. The fourth-order valence-corrected chi connectivity index (χ4v) is 2.78. The molecule has 4 N–H and O–H groups in total. The van der Waals surface area contributed by atoms with Crippen LogP contribution in [0.1, 0.15) is 16.8 Å². The number of aromatic carboxylic acids is 1. The summed E-state index contributed by atoms with van der Waals surface area (Å²) in [5, 5.41) is 20.7. The van der Waals surface area contributed by atoms with Crippen LogP contribution < -0.4 is 10.0 Å². The van der Waals surface area contributed by atoms with Gasteiger partial charge in [-0.3, -0.25) is 0 Å². The van der Waals surface area contributed by atoms with Crippen molar-refractivity contribution >= 4 is 21.7 Å². The number of aliphatic hydroxyl groups is 1. The van der Waals surface area contributed by atoms with Gasteiger partial charge in [0.1, 0.15) is 0 Å². The van der Waals surface area contributed by atoms with Gasteiger partial charge in [0, 0.05) is 32.5 Å². The number of carboxylic acids is 1. The number of sulfonamides is 1. The molecule has 0 aliphatic rings. The molecule has 0 saturated carbocycles. The van der Waals surface area contributed by atoms with E-state index in [2.05, 4.69) is 10.0 Å². The summed E-state index contributed by atoms with van der Waals surface area (Å²) in [4.78, 5) is 11.1. The van der Waals surface area contributed by atoms with E-state index in [1.165, 1.54) is 19.2 Å². The molecule has 0 spiro atoms. The second-order valence-corrected chi connectivity index (χ2v) is 6.17. The third kappa shape index (κ3) is 5.26. The van der Waals surface area contributed by atoms with Gasteiger partial charge in [-0.2, -0.15) is 0 Å². The van der Waals surface area contributed by atoms with Crippen LogP contribution in [0.5, 0.6) is 0 Å². The van der Waals surface area contributed by atoms with Crippen molar-refractivity contribution in [3.8, 4) is 0 Å². The summed E-state index contributed by atoms with van der Waals surface area (Å²) in [7, 11) is -2.29. The number of carbonyl (C=O) groups is 1. The van der Waals surface area contributed by atoms with E-state index in [9.17, 15) is 18.3 Å². The Hall–Kier alpha value is -1.68. The van der Waals surface area contributed by atoms with E-state index >= 15 is 0 Å². The molecule has 0 amide bonds. The number of nitrogens with one attached hydrogen (secondary N) is 2. The van der Waals surface area contributed by atoms with E-state index in [0.717, 1.165) is 6.07 Å². The largest absolute Gasteiger partial charge is 0.478 e. The molecule has 0 aliphatic heterocycles. The maximum atomic E-state index is 12.0. The molecule has 0 saturated heterocycles. The molecule has 0 aliphatic carbocycles. The van der Waals surface area contributed by atoms with Crippen molar-refractivity contribution in [2.75, 3.05) is 38.7 Å². The normalized spacial score (nSPS) is 11.4. The number of methoxy groups -OCH3 is 1. The first kappa shape index (κ1) is 18.4. The molecule has 9 heteroatoms. The van der Waals surface area contributed by atoms with Crippen molar-refractivity contribution in [1.82, 2.24) is 4.72 Å². The summed E-state index contributed by atoms with van der Waals surface area (Å²) >= 11 is 0. The highest BCUT2D eigenvalue weighted by Crippen LogP contribution is 2.20. The minimum atomic E-state index is -3.81. The van der Waals surface area contributed by atoms with Crippen LogP contribution in [0.25, 0.3) is 0 Å². The predicted molar refractivity (Wildman–Crippen MR) is 80.7 cm³/mol. The van der Waals surface area contributed by atoms with Gasteiger partial charge >= 0.3 is 5.97 Å². The van der Waals surface area contributed by atoms with Gasteiger partial charge < -0.3 is 20.3 Å². The zero-order valence-corrected chi connectivity index (χ0v) is 13.0. The lowest BCUT2D eigenvalue weighted by atomic mass is 10.2. The lowest BCUT2D eigenvalue weighted by Crippen LogP contribution is -2.25. The standard InChI is InChI=1S/C13H20N2O6S/c1-21-8-6-14-12-4-3-10(9-11(12)13(17)18)22(19,20)15-5-2-7-16/h3-4,9,14-16H,2,5-8H2,1H3,(H,17,18).